The molecular weight excluding hydrogens is 418 g/mol. The van der Waals surface area contributed by atoms with Crippen LogP contribution in [-0.2, 0) is 11.3 Å². The zero-order valence-corrected chi connectivity index (χ0v) is 19.5. The highest BCUT2D eigenvalue weighted by molar-refractivity contribution is 8.00. The fourth-order valence-corrected chi connectivity index (χ4v) is 4.86. The van der Waals surface area contributed by atoms with E-state index in [4.69, 9.17) is 4.74 Å². The predicted octanol–water partition coefficient (Wildman–Crippen LogP) is 5.73. The van der Waals surface area contributed by atoms with Crippen molar-refractivity contribution in [3.8, 4) is 11.3 Å². The minimum atomic E-state index is 0.110. The van der Waals surface area contributed by atoms with Crippen molar-refractivity contribution in [3.63, 3.8) is 0 Å². The first-order valence-electron chi connectivity index (χ1n) is 10.7. The molecule has 0 radical (unpaired) electrons. The maximum atomic E-state index is 13.1. The number of benzene rings is 2. The molecule has 2 heterocycles. The summed E-state index contributed by atoms with van der Waals surface area (Å²) in [6.07, 6.45) is 0.921. The summed E-state index contributed by atoms with van der Waals surface area (Å²) in [5.41, 5.74) is 4.79. The van der Waals surface area contributed by atoms with E-state index >= 15 is 0 Å². The Bertz CT molecular complexity index is 1230. The molecule has 0 spiro atoms. The molecule has 6 heteroatoms. The molecule has 0 atom stereocenters. The van der Waals surface area contributed by atoms with Crippen molar-refractivity contribution < 1.29 is 9.53 Å². The molecule has 0 saturated heterocycles. The van der Waals surface area contributed by atoms with E-state index in [1.165, 1.54) is 11.8 Å². The highest BCUT2D eigenvalue weighted by atomic mass is 32.2. The van der Waals surface area contributed by atoms with Gasteiger partial charge in [-0.3, -0.25) is 4.79 Å². The summed E-state index contributed by atoms with van der Waals surface area (Å²) >= 11 is 1.45. The van der Waals surface area contributed by atoms with Gasteiger partial charge in [-0.15, -0.1) is 10.2 Å². The number of ether oxygens (including phenoxy) is 1. The van der Waals surface area contributed by atoms with Crippen LogP contribution >= 0.6 is 11.8 Å². The number of hydrogen-bond donors (Lipinski definition) is 0. The van der Waals surface area contributed by atoms with Gasteiger partial charge < -0.3 is 9.30 Å². The van der Waals surface area contributed by atoms with E-state index in [9.17, 15) is 4.79 Å². The maximum Gasteiger partial charge on any atom is 0.174 e. The fourth-order valence-electron chi connectivity index (χ4n) is 4.00. The molecule has 0 aliphatic rings. The molecule has 0 aliphatic heterocycles. The van der Waals surface area contributed by atoms with Gasteiger partial charge in [0.05, 0.1) is 5.75 Å². The second-order valence-corrected chi connectivity index (χ2v) is 8.72. The number of methoxy groups -OCH3 is 1. The molecule has 32 heavy (non-hydrogen) atoms. The molecule has 0 fully saturated rings. The first-order chi connectivity index (χ1) is 15.6. The van der Waals surface area contributed by atoms with E-state index < -0.39 is 0 Å². The van der Waals surface area contributed by atoms with Crippen molar-refractivity contribution in [1.29, 1.82) is 0 Å². The van der Waals surface area contributed by atoms with Crippen LogP contribution in [0.2, 0.25) is 0 Å². The van der Waals surface area contributed by atoms with Crippen LogP contribution in [-0.4, -0.2) is 40.0 Å². The first kappa shape index (κ1) is 22.2. The lowest BCUT2D eigenvalue weighted by molar-refractivity contribution is 0.102. The Balaban J connectivity index is 1.55. The van der Waals surface area contributed by atoms with E-state index in [1.54, 1.807) is 7.11 Å². The van der Waals surface area contributed by atoms with E-state index in [1.807, 2.05) is 68.4 Å². The van der Waals surface area contributed by atoms with Gasteiger partial charge in [0, 0.05) is 53.5 Å². The average Bonchev–Trinajstić information content (AvgIpc) is 3.11. The number of aromatic nitrogens is 3. The summed E-state index contributed by atoms with van der Waals surface area (Å²) in [7, 11) is 1.71. The van der Waals surface area contributed by atoms with Gasteiger partial charge in [0.15, 0.2) is 5.78 Å². The Morgan fingerprint density at radius 2 is 1.72 bits per heavy atom. The predicted molar refractivity (Wildman–Crippen MR) is 130 cm³/mol. The molecule has 4 aromatic rings. The molecule has 0 saturated carbocycles. The minimum absolute atomic E-state index is 0.110. The van der Waals surface area contributed by atoms with Crippen LogP contribution in [0.3, 0.4) is 0 Å². The van der Waals surface area contributed by atoms with Crippen LogP contribution in [0.4, 0.5) is 0 Å². The van der Waals surface area contributed by atoms with Crippen LogP contribution in [0, 0.1) is 13.8 Å². The minimum Gasteiger partial charge on any atom is -0.385 e. The fraction of sp³-hybridized carbons (Fsp3) is 0.269. The number of nitrogens with zero attached hydrogens (tertiary/aromatic N) is 3. The lowest BCUT2D eigenvalue weighted by Crippen LogP contribution is -2.08. The zero-order chi connectivity index (χ0) is 22.5. The molecule has 0 unspecified atom stereocenters. The van der Waals surface area contributed by atoms with Crippen molar-refractivity contribution in [2.24, 2.45) is 0 Å². The van der Waals surface area contributed by atoms with Crippen LogP contribution in [0.15, 0.2) is 65.7 Å². The second kappa shape index (κ2) is 10.1. The van der Waals surface area contributed by atoms with E-state index in [2.05, 4.69) is 20.8 Å². The van der Waals surface area contributed by atoms with Crippen molar-refractivity contribution in [3.05, 3.63) is 77.6 Å². The Morgan fingerprint density at radius 3 is 2.47 bits per heavy atom. The molecule has 0 N–H and O–H groups in total. The van der Waals surface area contributed by atoms with Gasteiger partial charge in [-0.05, 0) is 26.3 Å². The number of fused-ring (bicyclic) bond motifs is 1. The third kappa shape index (κ3) is 4.61. The molecule has 5 nitrogen and oxygen atoms in total. The molecule has 2 aromatic heterocycles. The lowest BCUT2D eigenvalue weighted by Gasteiger charge is -2.10. The second-order valence-electron chi connectivity index (χ2n) is 7.76. The Labute approximate surface area is 192 Å². The number of carbonyl (C=O) groups is 1. The number of rotatable bonds is 9. The van der Waals surface area contributed by atoms with E-state index in [-0.39, 0.29) is 5.78 Å². The molecular formula is C26H27N3O2S. The molecule has 2 aromatic carbocycles. The standard InChI is InChI=1S/C26H27N3O2S/c1-18-16-23(19(2)29(18)14-9-15-31-3)24(30)17-32-26-22-13-8-7-12-21(22)25(27-28-26)20-10-5-4-6-11-20/h4-8,10-13,16H,9,14-15,17H2,1-3H3. The van der Waals surface area contributed by atoms with E-state index in [0.29, 0.717) is 12.4 Å². The van der Waals surface area contributed by atoms with Gasteiger partial charge in [-0.1, -0.05) is 66.4 Å². The summed E-state index contributed by atoms with van der Waals surface area (Å²) in [4.78, 5) is 13.1. The Morgan fingerprint density at radius 1 is 1.00 bits per heavy atom. The number of hydrogen-bond acceptors (Lipinski definition) is 5. The van der Waals surface area contributed by atoms with Crippen molar-refractivity contribution in [2.45, 2.75) is 31.8 Å². The number of carbonyl (C=O) groups excluding carboxylic acids is 1. The SMILES string of the molecule is COCCCn1c(C)cc(C(=O)CSc2nnc(-c3ccccc3)c3ccccc23)c1C. The summed E-state index contributed by atoms with van der Waals surface area (Å²) in [6, 6.07) is 20.2. The number of aryl methyl sites for hydroxylation is 1. The van der Waals surface area contributed by atoms with Crippen LogP contribution < -0.4 is 0 Å². The highest BCUT2D eigenvalue weighted by Gasteiger charge is 2.18. The molecule has 0 aliphatic carbocycles. The molecule has 4 rings (SSSR count). The van der Waals surface area contributed by atoms with Crippen molar-refractivity contribution in [1.82, 2.24) is 14.8 Å². The van der Waals surface area contributed by atoms with E-state index in [0.717, 1.165) is 57.0 Å². The monoisotopic (exact) mass is 445 g/mol. The van der Waals surface area contributed by atoms with Crippen LogP contribution in [0.5, 0.6) is 0 Å². The normalized spacial score (nSPS) is 11.2. The Kier molecular flexibility index (Phi) is 7.02. The number of ketones is 1. The summed E-state index contributed by atoms with van der Waals surface area (Å²) in [6.45, 7) is 5.62. The largest absolute Gasteiger partial charge is 0.385 e. The average molecular weight is 446 g/mol. The number of thioether (sulfide) groups is 1. The summed E-state index contributed by atoms with van der Waals surface area (Å²) in [5.74, 6) is 0.435. The van der Waals surface area contributed by atoms with Gasteiger partial charge >= 0.3 is 0 Å². The van der Waals surface area contributed by atoms with Gasteiger partial charge in [0.2, 0.25) is 0 Å². The number of Topliss-reactive ketones (excluding diaryl/α,β-unsaturated/α-hetero) is 1. The van der Waals surface area contributed by atoms with Crippen molar-refractivity contribution in [2.75, 3.05) is 19.5 Å². The van der Waals surface area contributed by atoms with Gasteiger partial charge in [0.25, 0.3) is 0 Å². The van der Waals surface area contributed by atoms with Crippen LogP contribution in [0.25, 0.3) is 22.0 Å². The zero-order valence-electron chi connectivity index (χ0n) is 18.7. The lowest BCUT2D eigenvalue weighted by atomic mass is 10.1. The molecule has 0 bridgehead atoms. The smallest absolute Gasteiger partial charge is 0.174 e. The summed E-state index contributed by atoms with van der Waals surface area (Å²) < 4.78 is 7.36. The van der Waals surface area contributed by atoms with Crippen LogP contribution in [0.1, 0.15) is 28.2 Å². The highest BCUT2D eigenvalue weighted by Crippen LogP contribution is 2.32. The van der Waals surface area contributed by atoms with Crippen molar-refractivity contribution >= 4 is 28.3 Å². The Hall–Kier alpha value is -2.96. The maximum absolute atomic E-state index is 13.1. The van der Waals surface area contributed by atoms with Gasteiger partial charge in [-0.25, -0.2) is 0 Å². The molecule has 0 amide bonds. The quantitative estimate of drug-likeness (QED) is 0.187. The third-order valence-electron chi connectivity index (χ3n) is 5.64. The third-order valence-corrected chi connectivity index (χ3v) is 6.63. The first-order valence-corrected chi connectivity index (χ1v) is 11.7. The van der Waals surface area contributed by atoms with Gasteiger partial charge in [0.1, 0.15) is 10.7 Å². The van der Waals surface area contributed by atoms with Gasteiger partial charge in [-0.2, -0.15) is 0 Å². The summed E-state index contributed by atoms with van der Waals surface area (Å²) in [5, 5.41) is 11.8. The topological polar surface area (TPSA) is 57.0 Å². The molecule has 164 valence electrons.